The third-order valence-electron chi connectivity index (χ3n) is 9.60. The van der Waals surface area contributed by atoms with Crippen LogP contribution in [0.25, 0.3) is 0 Å². The van der Waals surface area contributed by atoms with Crippen molar-refractivity contribution < 1.29 is 13.1 Å². The topological polar surface area (TPSA) is 30.9 Å². The summed E-state index contributed by atoms with van der Waals surface area (Å²) in [6, 6.07) is 0. The molecule has 4 nitrogen and oxygen atoms in total. The van der Waals surface area contributed by atoms with Crippen LogP contribution in [0, 0.1) is 12.3 Å². The Labute approximate surface area is 327 Å². The Morgan fingerprint density at radius 1 is 0.540 bits per heavy atom. The number of unbranched alkanes of at least 4 members (excludes halogenated alkanes) is 27. The summed E-state index contributed by atoms with van der Waals surface area (Å²) in [6.07, 6.45) is 51.1. The van der Waals surface area contributed by atoms with Crippen molar-refractivity contribution in [1.82, 2.24) is 4.90 Å². The van der Waals surface area contributed by atoms with Crippen LogP contribution in [-0.4, -0.2) is 57.1 Å². The molecule has 0 saturated heterocycles. The molecule has 0 amide bonds. The highest BCUT2D eigenvalue weighted by atomic mass is 33.1. The Bertz CT molecular complexity index is 676. The summed E-state index contributed by atoms with van der Waals surface area (Å²) < 4.78 is 19.3. The summed E-state index contributed by atoms with van der Waals surface area (Å²) >= 11 is 6.44. The molecule has 0 aliphatic heterocycles. The first-order chi connectivity index (χ1) is 24.4. The first-order valence-corrected chi connectivity index (χ1v) is 25.3. The van der Waals surface area contributed by atoms with Gasteiger partial charge in [-0.3, -0.25) is 13.3 Å². The predicted octanol–water partition coefficient (Wildman–Crippen LogP) is 14.7. The summed E-state index contributed by atoms with van der Waals surface area (Å²) in [5.74, 6) is 2.72. The molecule has 0 spiro atoms. The van der Waals surface area contributed by atoms with Crippen LogP contribution in [0.4, 0.5) is 0 Å². The van der Waals surface area contributed by atoms with Gasteiger partial charge < -0.3 is 4.74 Å². The molecule has 0 aliphatic rings. The fourth-order valence-corrected chi connectivity index (χ4v) is 7.68. The molecule has 0 aromatic heterocycles. The van der Waals surface area contributed by atoms with Gasteiger partial charge in [0.2, 0.25) is 0 Å². The van der Waals surface area contributed by atoms with Gasteiger partial charge in [0.15, 0.2) is 6.29 Å². The van der Waals surface area contributed by atoms with Gasteiger partial charge in [-0.25, -0.2) is 0 Å². The van der Waals surface area contributed by atoms with Crippen molar-refractivity contribution in [2.24, 2.45) is 0 Å². The van der Waals surface area contributed by atoms with Gasteiger partial charge in [-0.15, -0.1) is 29.7 Å². The Hall–Kier alpha value is 0.450. The summed E-state index contributed by atoms with van der Waals surface area (Å²) in [5.41, 5.74) is 0. The van der Waals surface area contributed by atoms with E-state index in [-0.39, 0.29) is 6.29 Å². The van der Waals surface area contributed by atoms with Crippen LogP contribution in [0.5, 0.6) is 0 Å². The van der Waals surface area contributed by atoms with Gasteiger partial charge in [-0.2, -0.15) is 10.6 Å². The van der Waals surface area contributed by atoms with Crippen molar-refractivity contribution in [1.29, 1.82) is 0 Å². The van der Waals surface area contributed by atoms with Crippen molar-refractivity contribution in [3.05, 3.63) is 0 Å². The minimum Gasteiger partial charge on any atom is -0.351 e. The van der Waals surface area contributed by atoms with E-state index >= 15 is 0 Å². The lowest BCUT2D eigenvalue weighted by atomic mass is 10.0. The fourth-order valence-electron chi connectivity index (χ4n) is 6.44. The smallest absolute Gasteiger partial charge is 0.180 e. The van der Waals surface area contributed by atoms with Crippen molar-refractivity contribution in [2.75, 3.05) is 45.9 Å². The van der Waals surface area contributed by atoms with Crippen LogP contribution in [0.1, 0.15) is 213 Å². The van der Waals surface area contributed by atoms with E-state index < -0.39 is 10.6 Å². The summed E-state index contributed by atoms with van der Waals surface area (Å²) in [7, 11) is 0.512. The van der Waals surface area contributed by atoms with Gasteiger partial charge in [-0.1, -0.05) is 187 Å². The Morgan fingerprint density at radius 2 is 0.900 bits per heavy atom. The van der Waals surface area contributed by atoms with E-state index in [1.165, 1.54) is 180 Å². The second-order valence-electron chi connectivity index (χ2n) is 15.0. The zero-order valence-corrected chi connectivity index (χ0v) is 37.0. The average molecular weight is 764 g/mol. The number of thiol groups is 2. The Morgan fingerprint density at radius 3 is 1.32 bits per heavy atom. The molecule has 0 saturated carbocycles. The molecule has 0 aromatic carbocycles. The highest BCUT2D eigenvalue weighted by Gasteiger charge is 2.18. The van der Waals surface area contributed by atoms with E-state index in [2.05, 4.69) is 67.5 Å². The van der Waals surface area contributed by atoms with Crippen molar-refractivity contribution in [2.45, 2.75) is 219 Å². The lowest BCUT2D eigenvalue weighted by Crippen LogP contribution is -2.21. The molecule has 0 bridgehead atoms. The molecule has 0 aliphatic carbocycles. The number of ether oxygens (including phenoxy) is 1. The van der Waals surface area contributed by atoms with E-state index in [1.54, 1.807) is 0 Å². The van der Waals surface area contributed by atoms with Crippen LogP contribution in [0.2, 0.25) is 0 Å². The second kappa shape index (κ2) is 43.9. The molecular weight excluding hydrogens is 675 g/mol. The summed E-state index contributed by atoms with van der Waals surface area (Å²) in [5, 5.41) is 0. The van der Waals surface area contributed by atoms with Gasteiger partial charge in [0.25, 0.3) is 0 Å². The van der Waals surface area contributed by atoms with E-state index in [0.717, 1.165) is 45.6 Å². The van der Waals surface area contributed by atoms with Gasteiger partial charge >= 0.3 is 0 Å². The highest BCUT2D eigenvalue weighted by molar-refractivity contribution is 8.59. The number of rotatable bonds is 40. The zero-order chi connectivity index (χ0) is 37.2. The monoisotopic (exact) mass is 764 g/mol. The summed E-state index contributed by atoms with van der Waals surface area (Å²) in [6.45, 7) is 7.98. The molecule has 0 radical (unpaired) electrons. The van der Waals surface area contributed by atoms with Crippen LogP contribution >= 0.6 is 33.9 Å². The molecule has 0 aromatic rings. The molecule has 50 heavy (non-hydrogen) atoms. The van der Waals surface area contributed by atoms with Gasteiger partial charge in [0.05, 0.1) is 13.2 Å². The number of nitrogens with zero attached hydrogens (tertiary/aromatic N) is 1. The van der Waals surface area contributed by atoms with E-state index in [1.807, 2.05) is 0 Å². The first kappa shape index (κ1) is 52.6. The predicted molar refractivity (Wildman–Crippen MR) is 235 cm³/mol. The second-order valence-corrected chi connectivity index (χ2v) is 17.7. The van der Waals surface area contributed by atoms with Gasteiger partial charge in [0.1, 0.15) is 0 Å². The number of hydrogen-bond donors (Lipinski definition) is 2. The molecule has 0 heterocycles. The lowest BCUT2D eigenvalue weighted by molar-refractivity contribution is -0.0843. The molecule has 0 fully saturated rings. The maximum atomic E-state index is 6.56. The van der Waals surface area contributed by atoms with Crippen molar-refractivity contribution in [3.8, 4) is 12.3 Å². The largest absolute Gasteiger partial charge is 0.351 e. The highest BCUT2D eigenvalue weighted by Crippen LogP contribution is 2.44. The number of hydrogen-bond acceptors (Lipinski definition) is 6. The van der Waals surface area contributed by atoms with E-state index in [4.69, 9.17) is 19.5 Å². The molecular formula is C43H89NO3S3. The average Bonchev–Trinajstić information content (AvgIpc) is 3.10. The minimum atomic E-state index is -1.59. The molecule has 0 rings (SSSR count). The lowest BCUT2D eigenvalue weighted by Gasteiger charge is -2.38. The molecule has 7 heteroatoms. The van der Waals surface area contributed by atoms with Crippen LogP contribution in [0.3, 0.4) is 0 Å². The third kappa shape index (κ3) is 42.9. The van der Waals surface area contributed by atoms with Crippen molar-refractivity contribution in [3.63, 3.8) is 0 Å². The molecule has 1 atom stereocenters. The zero-order valence-electron chi connectivity index (χ0n) is 34.4. The molecule has 302 valence electrons. The van der Waals surface area contributed by atoms with Gasteiger partial charge in [0, 0.05) is 25.5 Å². The first-order valence-electron chi connectivity index (χ1n) is 21.4. The number of terminal acetylenes is 1. The van der Waals surface area contributed by atoms with Crippen LogP contribution in [-0.2, 0) is 13.1 Å². The molecule has 1 unspecified atom stereocenters. The van der Waals surface area contributed by atoms with Crippen molar-refractivity contribution >= 4 is 33.9 Å². The maximum absolute atomic E-state index is 6.56. The van der Waals surface area contributed by atoms with Crippen LogP contribution < -0.4 is 0 Å². The van der Waals surface area contributed by atoms with Crippen LogP contribution in [0.15, 0.2) is 0 Å². The minimum absolute atomic E-state index is 0.133. The summed E-state index contributed by atoms with van der Waals surface area (Å²) in [4.78, 5) is 2.22. The quantitative estimate of drug-likeness (QED) is 0.0214. The Balaban J connectivity index is 0. The fraction of sp³-hybridized carbons (Fsp3) is 0.953. The van der Waals surface area contributed by atoms with E-state index in [0.29, 0.717) is 0 Å². The van der Waals surface area contributed by atoms with E-state index in [9.17, 15) is 0 Å². The maximum Gasteiger partial charge on any atom is 0.180 e. The SMILES string of the molecule is C#CCN(C)CCCCCCOS(C)(C)OC(CCCCCCCCCCCCCC)OCCCCCCCCCCCCCCCC.SS. The Kier molecular flexibility index (Phi) is 46.1. The third-order valence-corrected chi connectivity index (χ3v) is 11.0. The normalized spacial score (nSPS) is 12.5. The standard InChI is InChI=1S/C43H87NO3S.H2S2/c1-7-10-12-14-16-18-20-22-23-25-27-29-32-36-41-45-43(38-34-30-28-26-24-21-19-17-15-13-11-8-2)47-48(5,6)46-42-37-33-31-35-40-44(4)39-9-3;1-2/h3,43H,7-8,10-42H2,1-2,4-6H3;1-2H. The van der Waals surface area contributed by atoms with Gasteiger partial charge in [-0.05, 0) is 39.3 Å². The molecule has 0 N–H and O–H groups in total.